The van der Waals surface area contributed by atoms with Crippen molar-refractivity contribution in [2.24, 2.45) is 0 Å². The Kier molecular flexibility index (Phi) is 7.14. The third-order valence-electron chi connectivity index (χ3n) is 5.13. The maximum atomic E-state index is 12.4. The summed E-state index contributed by atoms with van der Waals surface area (Å²) in [5.41, 5.74) is 1.82. The van der Waals surface area contributed by atoms with Gasteiger partial charge in [0.1, 0.15) is 5.75 Å². The van der Waals surface area contributed by atoms with E-state index in [9.17, 15) is 9.59 Å². The fraction of sp³-hybridized carbons (Fsp3) is 0.409. The molecule has 2 aromatic rings. The number of hydrogen-bond acceptors (Lipinski definition) is 5. The molecule has 2 heterocycles. The van der Waals surface area contributed by atoms with Crippen molar-refractivity contribution in [1.82, 2.24) is 14.8 Å². The number of carbonyl (C=O) groups is 2. The molecule has 0 bridgehead atoms. The Morgan fingerprint density at radius 1 is 1.07 bits per heavy atom. The van der Waals surface area contributed by atoms with Crippen molar-refractivity contribution >= 4 is 11.7 Å². The zero-order valence-electron chi connectivity index (χ0n) is 16.3. The number of piperazine rings is 1. The van der Waals surface area contributed by atoms with Crippen molar-refractivity contribution in [3.8, 4) is 5.75 Å². The third kappa shape index (κ3) is 5.63. The van der Waals surface area contributed by atoms with Gasteiger partial charge in [0.05, 0.1) is 7.11 Å². The second-order valence-corrected chi connectivity index (χ2v) is 6.99. The molecule has 1 saturated heterocycles. The smallest absolute Gasteiger partial charge is 0.223 e. The summed E-state index contributed by atoms with van der Waals surface area (Å²) in [6.07, 6.45) is 4.65. The quantitative estimate of drug-likeness (QED) is 0.657. The van der Waals surface area contributed by atoms with E-state index < -0.39 is 0 Å². The zero-order valence-corrected chi connectivity index (χ0v) is 16.3. The first kappa shape index (κ1) is 20.0. The molecule has 0 unspecified atom stereocenters. The summed E-state index contributed by atoms with van der Waals surface area (Å²) < 4.78 is 5.27. The average Bonchev–Trinajstić information content (AvgIpc) is 2.77. The van der Waals surface area contributed by atoms with E-state index in [0.717, 1.165) is 44.9 Å². The summed E-state index contributed by atoms with van der Waals surface area (Å²) in [7, 11) is 1.68. The van der Waals surface area contributed by atoms with Crippen LogP contribution in [0.1, 0.15) is 28.8 Å². The van der Waals surface area contributed by atoms with Crippen LogP contribution in [-0.4, -0.2) is 66.3 Å². The summed E-state index contributed by atoms with van der Waals surface area (Å²) in [4.78, 5) is 32.7. The summed E-state index contributed by atoms with van der Waals surface area (Å²) in [5.74, 6) is 0.914. The number of methoxy groups -OCH3 is 1. The van der Waals surface area contributed by atoms with Crippen LogP contribution in [0.25, 0.3) is 0 Å². The van der Waals surface area contributed by atoms with Gasteiger partial charge in [-0.15, -0.1) is 0 Å². The van der Waals surface area contributed by atoms with Crippen LogP contribution in [0.4, 0.5) is 0 Å². The molecule has 148 valence electrons. The molecule has 0 spiro atoms. The molecule has 0 atom stereocenters. The number of benzene rings is 1. The van der Waals surface area contributed by atoms with Crippen molar-refractivity contribution in [2.45, 2.75) is 19.3 Å². The number of nitrogens with zero attached hydrogens (tertiary/aromatic N) is 3. The van der Waals surface area contributed by atoms with E-state index in [1.165, 1.54) is 5.56 Å². The summed E-state index contributed by atoms with van der Waals surface area (Å²) >= 11 is 0. The average molecular weight is 381 g/mol. The normalized spacial score (nSPS) is 14.7. The lowest BCUT2D eigenvalue weighted by molar-refractivity contribution is -0.132. The largest absolute Gasteiger partial charge is 0.497 e. The van der Waals surface area contributed by atoms with Gasteiger partial charge in [-0.2, -0.15) is 0 Å². The molecule has 28 heavy (non-hydrogen) atoms. The first-order valence-electron chi connectivity index (χ1n) is 9.72. The molecule has 0 saturated carbocycles. The lowest BCUT2D eigenvalue weighted by Gasteiger charge is -2.34. The summed E-state index contributed by atoms with van der Waals surface area (Å²) in [6.45, 7) is 4.14. The maximum Gasteiger partial charge on any atom is 0.223 e. The summed E-state index contributed by atoms with van der Waals surface area (Å²) in [6, 6.07) is 11.6. The molecule has 6 heteroatoms. The van der Waals surface area contributed by atoms with Gasteiger partial charge in [0, 0.05) is 63.5 Å². The summed E-state index contributed by atoms with van der Waals surface area (Å²) in [5, 5.41) is 0. The van der Waals surface area contributed by atoms with Gasteiger partial charge in [0.25, 0.3) is 0 Å². The predicted octanol–water partition coefficient (Wildman–Crippen LogP) is 2.44. The highest BCUT2D eigenvalue weighted by Gasteiger charge is 2.21. The van der Waals surface area contributed by atoms with Gasteiger partial charge in [0.2, 0.25) is 5.91 Å². The van der Waals surface area contributed by atoms with Crippen LogP contribution in [0.3, 0.4) is 0 Å². The van der Waals surface area contributed by atoms with Gasteiger partial charge >= 0.3 is 0 Å². The minimum atomic E-state index is -0.0293. The highest BCUT2D eigenvalue weighted by molar-refractivity contribution is 5.97. The van der Waals surface area contributed by atoms with Crippen molar-refractivity contribution in [1.29, 1.82) is 0 Å². The van der Waals surface area contributed by atoms with E-state index in [-0.39, 0.29) is 24.5 Å². The molecule has 3 rings (SSSR count). The number of carbonyl (C=O) groups excluding carboxylic acids is 2. The van der Waals surface area contributed by atoms with Gasteiger partial charge in [-0.05, 0) is 36.2 Å². The van der Waals surface area contributed by atoms with E-state index in [4.69, 9.17) is 4.74 Å². The van der Waals surface area contributed by atoms with E-state index in [1.807, 2.05) is 17.0 Å². The van der Waals surface area contributed by atoms with Crippen molar-refractivity contribution in [3.05, 3.63) is 59.9 Å². The van der Waals surface area contributed by atoms with Gasteiger partial charge in [-0.1, -0.05) is 12.1 Å². The molecular weight excluding hydrogens is 354 g/mol. The van der Waals surface area contributed by atoms with Crippen molar-refractivity contribution < 1.29 is 14.3 Å². The predicted molar refractivity (Wildman–Crippen MR) is 108 cm³/mol. The van der Waals surface area contributed by atoms with E-state index in [1.54, 1.807) is 31.6 Å². The lowest BCUT2D eigenvalue weighted by atomic mass is 10.1. The third-order valence-corrected chi connectivity index (χ3v) is 5.13. The van der Waals surface area contributed by atoms with Crippen LogP contribution in [-0.2, 0) is 11.2 Å². The number of ketones is 1. The van der Waals surface area contributed by atoms with Crippen LogP contribution in [0, 0.1) is 0 Å². The zero-order chi connectivity index (χ0) is 19.8. The maximum absolute atomic E-state index is 12.4. The number of aromatic nitrogens is 1. The van der Waals surface area contributed by atoms with Crippen LogP contribution in [0.2, 0.25) is 0 Å². The minimum absolute atomic E-state index is 0.0293. The molecule has 1 amide bonds. The number of rotatable bonds is 8. The van der Waals surface area contributed by atoms with Crippen molar-refractivity contribution in [3.63, 3.8) is 0 Å². The molecule has 0 aliphatic carbocycles. The second kappa shape index (κ2) is 9.99. The molecule has 1 aliphatic rings. The standard InChI is InChI=1S/C22H27N3O3/c1-28-20-6-2-4-18(16-20)9-11-24-12-14-25(15-13-24)22(27)8-7-21(26)19-5-3-10-23-17-19/h2-6,10,16-17H,7-9,11-15H2,1H3. The molecule has 1 fully saturated rings. The Balaban J connectivity index is 1.38. The Bertz CT molecular complexity index is 787. The molecule has 0 radical (unpaired) electrons. The number of hydrogen-bond donors (Lipinski definition) is 0. The van der Waals surface area contributed by atoms with Gasteiger partial charge in [0.15, 0.2) is 5.78 Å². The lowest BCUT2D eigenvalue weighted by Crippen LogP contribution is -2.49. The molecular formula is C22H27N3O3. The van der Waals surface area contributed by atoms with Crippen LogP contribution >= 0.6 is 0 Å². The molecule has 1 aliphatic heterocycles. The molecule has 1 aromatic heterocycles. The number of ether oxygens (including phenoxy) is 1. The number of amides is 1. The molecule has 0 N–H and O–H groups in total. The van der Waals surface area contributed by atoms with Crippen molar-refractivity contribution in [2.75, 3.05) is 39.8 Å². The van der Waals surface area contributed by atoms with Gasteiger partial charge < -0.3 is 9.64 Å². The van der Waals surface area contributed by atoms with E-state index in [2.05, 4.69) is 22.0 Å². The first-order chi connectivity index (χ1) is 13.7. The molecule has 1 aromatic carbocycles. The molecule has 6 nitrogen and oxygen atoms in total. The SMILES string of the molecule is COc1cccc(CCN2CCN(C(=O)CCC(=O)c3cccnc3)CC2)c1. The number of pyridine rings is 1. The van der Waals surface area contributed by atoms with Gasteiger partial charge in [-0.3, -0.25) is 19.5 Å². The van der Waals surface area contributed by atoms with Crippen LogP contribution < -0.4 is 4.74 Å². The highest BCUT2D eigenvalue weighted by Crippen LogP contribution is 2.14. The Hall–Kier alpha value is -2.73. The Morgan fingerprint density at radius 2 is 1.89 bits per heavy atom. The Labute approximate surface area is 166 Å². The Morgan fingerprint density at radius 3 is 2.61 bits per heavy atom. The van der Waals surface area contributed by atoms with E-state index >= 15 is 0 Å². The first-order valence-corrected chi connectivity index (χ1v) is 9.72. The van der Waals surface area contributed by atoms with Crippen LogP contribution in [0.15, 0.2) is 48.8 Å². The second-order valence-electron chi connectivity index (χ2n) is 6.99. The topological polar surface area (TPSA) is 62.7 Å². The number of Topliss-reactive ketones (excluding diaryl/α,β-unsaturated/α-hetero) is 1. The highest BCUT2D eigenvalue weighted by atomic mass is 16.5. The minimum Gasteiger partial charge on any atom is -0.497 e. The van der Waals surface area contributed by atoms with Gasteiger partial charge in [-0.25, -0.2) is 0 Å². The fourth-order valence-corrected chi connectivity index (χ4v) is 3.39. The van der Waals surface area contributed by atoms with E-state index in [0.29, 0.717) is 5.56 Å². The fourth-order valence-electron chi connectivity index (χ4n) is 3.39. The van der Waals surface area contributed by atoms with Crippen LogP contribution in [0.5, 0.6) is 5.75 Å². The monoisotopic (exact) mass is 381 g/mol.